The zero-order chi connectivity index (χ0) is 14.5. The number of carbonyl (C=O) groups excluding carboxylic acids is 1. The fourth-order valence-electron chi connectivity index (χ4n) is 1.95. The Hall–Kier alpha value is -2.49. The lowest BCUT2D eigenvalue weighted by molar-refractivity contribution is 0.0527. The molecule has 20 heavy (non-hydrogen) atoms. The molecule has 0 saturated heterocycles. The smallest absolute Gasteiger partial charge is 0.340 e. The molecule has 0 aliphatic heterocycles. The summed E-state index contributed by atoms with van der Waals surface area (Å²) in [5.41, 5.74) is 2.26. The second kappa shape index (κ2) is 6.10. The maximum absolute atomic E-state index is 12.0. The lowest BCUT2D eigenvalue weighted by Crippen LogP contribution is -2.04. The van der Waals surface area contributed by atoms with Gasteiger partial charge in [-0.15, -0.1) is 0 Å². The van der Waals surface area contributed by atoms with Gasteiger partial charge in [0.15, 0.2) is 0 Å². The van der Waals surface area contributed by atoms with E-state index in [1.54, 1.807) is 31.0 Å². The van der Waals surface area contributed by atoms with Crippen LogP contribution in [-0.4, -0.2) is 24.3 Å². The maximum atomic E-state index is 12.0. The summed E-state index contributed by atoms with van der Waals surface area (Å²) in [4.78, 5) is 12.0. The van der Waals surface area contributed by atoms with Crippen LogP contribution in [0, 0.1) is 0 Å². The molecule has 0 fully saturated rings. The van der Waals surface area contributed by atoms with Crippen LogP contribution < -0.4 is 4.74 Å². The van der Waals surface area contributed by atoms with Gasteiger partial charge in [-0.05, 0) is 24.6 Å². The molecule has 2 aromatic rings. The molecule has 0 spiro atoms. The van der Waals surface area contributed by atoms with Crippen molar-refractivity contribution in [1.82, 2.24) is 4.57 Å². The second-order valence-electron chi connectivity index (χ2n) is 4.16. The van der Waals surface area contributed by atoms with Crippen LogP contribution >= 0.6 is 0 Å². The van der Waals surface area contributed by atoms with Crippen LogP contribution in [0.3, 0.4) is 0 Å². The molecular weight excluding hydrogens is 254 g/mol. The molecule has 2 rings (SSSR count). The number of hydrogen-bond acceptors (Lipinski definition) is 3. The Morgan fingerprint density at radius 3 is 2.55 bits per heavy atom. The van der Waals surface area contributed by atoms with E-state index in [1.807, 2.05) is 30.5 Å². The molecule has 0 atom stereocenters. The number of nitrogens with zero attached hydrogens (tertiary/aromatic N) is 1. The number of rotatable bonds is 5. The van der Waals surface area contributed by atoms with Crippen molar-refractivity contribution in [2.75, 3.05) is 13.7 Å². The summed E-state index contributed by atoms with van der Waals surface area (Å²) in [6.45, 7) is 5.84. The number of esters is 1. The summed E-state index contributed by atoms with van der Waals surface area (Å²) in [6, 6.07) is 7.53. The van der Waals surface area contributed by atoms with Gasteiger partial charge in [0, 0.05) is 24.2 Å². The van der Waals surface area contributed by atoms with Crippen molar-refractivity contribution in [3.63, 3.8) is 0 Å². The summed E-state index contributed by atoms with van der Waals surface area (Å²) < 4.78 is 12.0. The van der Waals surface area contributed by atoms with Crippen LogP contribution in [0.15, 0.2) is 43.2 Å². The molecular formula is C16H17NO3. The van der Waals surface area contributed by atoms with Gasteiger partial charge in [-0.1, -0.05) is 18.7 Å². The Kier molecular flexibility index (Phi) is 4.25. The summed E-state index contributed by atoms with van der Waals surface area (Å²) >= 11 is 0. The third kappa shape index (κ3) is 2.74. The van der Waals surface area contributed by atoms with E-state index < -0.39 is 0 Å². The van der Waals surface area contributed by atoms with Crippen LogP contribution in [0.5, 0.6) is 5.75 Å². The number of methoxy groups -OCH3 is 1. The van der Waals surface area contributed by atoms with Gasteiger partial charge in [0.1, 0.15) is 5.75 Å². The Bertz CT molecular complexity index is 611. The average molecular weight is 271 g/mol. The summed E-state index contributed by atoms with van der Waals surface area (Å²) in [5, 5.41) is 0. The van der Waals surface area contributed by atoms with Crippen molar-refractivity contribution >= 4 is 12.2 Å². The minimum absolute atomic E-state index is 0.334. The SMILES string of the molecule is C=Cn1cc(C(=O)OCC)c(-c2ccc(OC)cc2)c1. The first-order chi connectivity index (χ1) is 9.69. The molecule has 4 heteroatoms. The van der Waals surface area contributed by atoms with E-state index >= 15 is 0 Å². The van der Waals surface area contributed by atoms with Gasteiger partial charge in [0.05, 0.1) is 19.3 Å². The van der Waals surface area contributed by atoms with Gasteiger partial charge in [-0.25, -0.2) is 4.79 Å². The third-order valence-corrected chi connectivity index (χ3v) is 2.95. The van der Waals surface area contributed by atoms with Crippen LogP contribution in [0.1, 0.15) is 17.3 Å². The molecule has 0 unspecified atom stereocenters. The summed E-state index contributed by atoms with van der Waals surface area (Å²) in [6.07, 6.45) is 5.20. The highest BCUT2D eigenvalue weighted by atomic mass is 16.5. The van der Waals surface area contributed by atoms with Gasteiger partial charge in [-0.2, -0.15) is 0 Å². The predicted molar refractivity (Wildman–Crippen MR) is 78.8 cm³/mol. The highest BCUT2D eigenvalue weighted by Gasteiger charge is 2.16. The molecule has 0 aliphatic rings. The third-order valence-electron chi connectivity index (χ3n) is 2.95. The topological polar surface area (TPSA) is 40.5 Å². The number of ether oxygens (including phenoxy) is 2. The van der Waals surface area contributed by atoms with Crippen molar-refractivity contribution in [3.05, 3.63) is 48.8 Å². The highest BCUT2D eigenvalue weighted by molar-refractivity contribution is 5.97. The Morgan fingerprint density at radius 1 is 1.30 bits per heavy atom. The number of aromatic nitrogens is 1. The predicted octanol–water partition coefficient (Wildman–Crippen LogP) is 3.44. The second-order valence-corrected chi connectivity index (χ2v) is 4.16. The lowest BCUT2D eigenvalue weighted by Gasteiger charge is -2.05. The maximum Gasteiger partial charge on any atom is 0.340 e. The van der Waals surface area contributed by atoms with Crippen LogP contribution in [0.25, 0.3) is 17.3 Å². The highest BCUT2D eigenvalue weighted by Crippen LogP contribution is 2.27. The zero-order valence-corrected chi connectivity index (χ0v) is 11.6. The first kappa shape index (κ1) is 13.9. The van der Waals surface area contributed by atoms with E-state index in [-0.39, 0.29) is 5.97 Å². The molecule has 104 valence electrons. The van der Waals surface area contributed by atoms with E-state index in [0.29, 0.717) is 12.2 Å². The molecule has 1 aromatic heterocycles. The molecule has 0 bridgehead atoms. The molecule has 1 aromatic carbocycles. The molecule has 0 N–H and O–H groups in total. The van der Waals surface area contributed by atoms with Gasteiger partial charge in [0.2, 0.25) is 0 Å². The molecule has 1 heterocycles. The van der Waals surface area contributed by atoms with E-state index in [9.17, 15) is 4.79 Å². The van der Waals surface area contributed by atoms with Gasteiger partial charge in [0.25, 0.3) is 0 Å². The fourth-order valence-corrected chi connectivity index (χ4v) is 1.95. The lowest BCUT2D eigenvalue weighted by atomic mass is 10.0. The fraction of sp³-hybridized carbons (Fsp3) is 0.188. The van der Waals surface area contributed by atoms with Crippen molar-refractivity contribution in [2.24, 2.45) is 0 Å². The summed E-state index contributed by atoms with van der Waals surface area (Å²) in [7, 11) is 1.62. The van der Waals surface area contributed by atoms with Gasteiger partial charge in [-0.3, -0.25) is 0 Å². The Labute approximate surface area is 118 Å². The van der Waals surface area contributed by atoms with E-state index in [1.165, 1.54) is 0 Å². The average Bonchev–Trinajstić information content (AvgIpc) is 2.92. The molecule has 0 aliphatic carbocycles. The molecule has 0 amide bonds. The van der Waals surface area contributed by atoms with Crippen LogP contribution in [0.4, 0.5) is 0 Å². The van der Waals surface area contributed by atoms with Crippen LogP contribution in [0.2, 0.25) is 0 Å². The number of benzene rings is 1. The van der Waals surface area contributed by atoms with Gasteiger partial charge >= 0.3 is 5.97 Å². The Balaban J connectivity index is 2.45. The van der Waals surface area contributed by atoms with Crippen molar-refractivity contribution in [3.8, 4) is 16.9 Å². The first-order valence-electron chi connectivity index (χ1n) is 6.35. The van der Waals surface area contributed by atoms with Crippen molar-refractivity contribution in [2.45, 2.75) is 6.92 Å². The first-order valence-corrected chi connectivity index (χ1v) is 6.35. The van der Waals surface area contributed by atoms with Gasteiger partial charge < -0.3 is 14.0 Å². The normalized spacial score (nSPS) is 10.1. The van der Waals surface area contributed by atoms with Crippen molar-refractivity contribution < 1.29 is 14.3 Å². The quantitative estimate of drug-likeness (QED) is 0.782. The molecule has 4 nitrogen and oxygen atoms in total. The minimum atomic E-state index is -0.334. The number of hydrogen-bond donors (Lipinski definition) is 0. The van der Waals surface area contributed by atoms with E-state index in [0.717, 1.165) is 16.9 Å². The summed E-state index contributed by atoms with van der Waals surface area (Å²) in [5.74, 6) is 0.438. The zero-order valence-electron chi connectivity index (χ0n) is 11.6. The Morgan fingerprint density at radius 2 is 2.00 bits per heavy atom. The van der Waals surface area contributed by atoms with E-state index in [2.05, 4.69) is 6.58 Å². The number of carbonyl (C=O) groups is 1. The molecule has 0 radical (unpaired) electrons. The van der Waals surface area contributed by atoms with E-state index in [4.69, 9.17) is 9.47 Å². The van der Waals surface area contributed by atoms with Crippen molar-refractivity contribution in [1.29, 1.82) is 0 Å². The van der Waals surface area contributed by atoms with Crippen LogP contribution in [-0.2, 0) is 4.74 Å². The largest absolute Gasteiger partial charge is 0.497 e. The standard InChI is InChI=1S/C16H17NO3/c1-4-17-10-14(15(11-17)16(18)20-5-2)12-6-8-13(19-3)9-7-12/h4,6-11H,1,5H2,2-3H3. The monoisotopic (exact) mass is 271 g/mol. The molecule has 0 saturated carbocycles. The minimum Gasteiger partial charge on any atom is -0.497 e.